The van der Waals surface area contributed by atoms with Gasteiger partial charge in [-0.2, -0.15) is 4.98 Å². The summed E-state index contributed by atoms with van der Waals surface area (Å²) in [7, 11) is 0. The third kappa shape index (κ3) is 4.23. The minimum atomic E-state index is 0.182. The Morgan fingerprint density at radius 2 is 1.73 bits per heavy atom. The molecule has 8 heteroatoms. The molecule has 26 heavy (non-hydrogen) atoms. The molecule has 0 unspecified atom stereocenters. The highest BCUT2D eigenvalue weighted by Crippen LogP contribution is 2.23. The number of nitrogens with one attached hydrogen (secondary N) is 1. The Kier molecular flexibility index (Phi) is 5.48. The third-order valence-corrected chi connectivity index (χ3v) is 5.23. The van der Waals surface area contributed by atoms with Gasteiger partial charge in [-0.3, -0.25) is 4.90 Å². The molecule has 2 fully saturated rings. The first kappa shape index (κ1) is 17.5. The number of hydrogen-bond donors (Lipinski definition) is 1. The SMILES string of the molecule is Clc1ncnc(Nc2ccc(N3CCN(C4CCOCC4)CC3)cc2)n1. The molecule has 2 aromatic rings. The van der Waals surface area contributed by atoms with E-state index in [1.807, 2.05) is 12.1 Å². The second kappa shape index (κ2) is 8.16. The second-order valence-electron chi connectivity index (χ2n) is 6.62. The molecular formula is C18H23ClN6O. The van der Waals surface area contributed by atoms with E-state index in [2.05, 4.69) is 42.2 Å². The fourth-order valence-corrected chi connectivity index (χ4v) is 3.74. The summed E-state index contributed by atoms with van der Waals surface area (Å²) in [6.07, 6.45) is 3.73. The molecule has 2 aliphatic rings. The number of ether oxygens (including phenoxy) is 1. The van der Waals surface area contributed by atoms with Gasteiger partial charge >= 0.3 is 0 Å². The van der Waals surface area contributed by atoms with Gasteiger partial charge in [-0.25, -0.2) is 9.97 Å². The summed E-state index contributed by atoms with van der Waals surface area (Å²) in [4.78, 5) is 16.9. The number of hydrogen-bond acceptors (Lipinski definition) is 7. The van der Waals surface area contributed by atoms with Crippen LogP contribution >= 0.6 is 11.6 Å². The second-order valence-corrected chi connectivity index (χ2v) is 6.95. The zero-order chi connectivity index (χ0) is 17.8. The highest BCUT2D eigenvalue weighted by atomic mass is 35.5. The van der Waals surface area contributed by atoms with E-state index in [1.54, 1.807) is 0 Å². The average Bonchev–Trinajstić information content (AvgIpc) is 2.70. The Morgan fingerprint density at radius 3 is 2.42 bits per heavy atom. The maximum absolute atomic E-state index is 5.79. The lowest BCUT2D eigenvalue weighted by atomic mass is 10.1. The lowest BCUT2D eigenvalue weighted by molar-refractivity contribution is 0.0321. The van der Waals surface area contributed by atoms with E-state index < -0.39 is 0 Å². The quantitative estimate of drug-likeness (QED) is 0.882. The smallest absolute Gasteiger partial charge is 0.231 e. The van der Waals surface area contributed by atoms with E-state index in [4.69, 9.17) is 16.3 Å². The molecule has 0 bridgehead atoms. The number of nitrogens with zero attached hydrogens (tertiary/aromatic N) is 5. The average molecular weight is 375 g/mol. The van der Waals surface area contributed by atoms with Crippen LogP contribution in [0.4, 0.5) is 17.3 Å². The van der Waals surface area contributed by atoms with E-state index in [0.717, 1.165) is 45.1 Å². The van der Waals surface area contributed by atoms with Crippen LogP contribution in [0.25, 0.3) is 0 Å². The molecule has 0 spiro atoms. The topological polar surface area (TPSA) is 66.4 Å². The van der Waals surface area contributed by atoms with Crippen molar-refractivity contribution < 1.29 is 4.74 Å². The largest absolute Gasteiger partial charge is 0.381 e. The minimum absolute atomic E-state index is 0.182. The maximum Gasteiger partial charge on any atom is 0.231 e. The van der Waals surface area contributed by atoms with Crippen LogP contribution < -0.4 is 10.2 Å². The summed E-state index contributed by atoms with van der Waals surface area (Å²) in [6, 6.07) is 9.05. The first-order valence-corrected chi connectivity index (χ1v) is 9.44. The van der Waals surface area contributed by atoms with Crippen LogP contribution in [0.2, 0.25) is 5.28 Å². The normalized spacial score (nSPS) is 19.5. The highest BCUT2D eigenvalue weighted by molar-refractivity contribution is 6.28. The Balaban J connectivity index is 1.33. The molecule has 2 saturated heterocycles. The summed E-state index contributed by atoms with van der Waals surface area (Å²) in [5.41, 5.74) is 2.17. The lowest BCUT2D eigenvalue weighted by Gasteiger charge is -2.41. The lowest BCUT2D eigenvalue weighted by Crippen LogP contribution is -2.51. The van der Waals surface area contributed by atoms with Crippen molar-refractivity contribution in [2.24, 2.45) is 0 Å². The molecule has 3 heterocycles. The first-order chi connectivity index (χ1) is 12.8. The van der Waals surface area contributed by atoms with Crippen LogP contribution in [0.15, 0.2) is 30.6 Å². The number of benzene rings is 1. The van der Waals surface area contributed by atoms with Crippen LogP contribution in [0.3, 0.4) is 0 Å². The van der Waals surface area contributed by atoms with E-state index >= 15 is 0 Å². The van der Waals surface area contributed by atoms with Gasteiger partial charge in [0.1, 0.15) is 6.33 Å². The molecule has 2 aliphatic heterocycles. The van der Waals surface area contributed by atoms with Crippen LogP contribution in [-0.4, -0.2) is 65.3 Å². The summed E-state index contributed by atoms with van der Waals surface area (Å²) in [5, 5.41) is 3.32. The third-order valence-electron chi connectivity index (χ3n) is 5.05. The van der Waals surface area contributed by atoms with Crippen molar-refractivity contribution >= 4 is 28.9 Å². The van der Waals surface area contributed by atoms with Crippen LogP contribution in [-0.2, 0) is 4.74 Å². The van der Waals surface area contributed by atoms with Gasteiger partial charge in [0, 0.05) is 56.8 Å². The molecule has 0 atom stereocenters. The maximum atomic E-state index is 5.79. The number of piperazine rings is 1. The van der Waals surface area contributed by atoms with Gasteiger partial charge in [-0.15, -0.1) is 0 Å². The molecule has 1 N–H and O–H groups in total. The number of halogens is 1. The summed E-state index contributed by atoms with van der Waals surface area (Å²) >= 11 is 5.79. The van der Waals surface area contributed by atoms with Crippen LogP contribution in [0.5, 0.6) is 0 Å². The van der Waals surface area contributed by atoms with Gasteiger partial charge in [0.05, 0.1) is 0 Å². The van der Waals surface area contributed by atoms with Gasteiger partial charge in [0.2, 0.25) is 11.2 Å². The van der Waals surface area contributed by atoms with E-state index in [0.29, 0.717) is 12.0 Å². The Hall–Kier alpha value is -1.96. The molecule has 0 aliphatic carbocycles. The monoisotopic (exact) mass is 374 g/mol. The van der Waals surface area contributed by atoms with Crippen molar-refractivity contribution in [1.29, 1.82) is 0 Å². The Labute approximate surface area is 158 Å². The number of rotatable bonds is 4. The summed E-state index contributed by atoms with van der Waals surface area (Å²) in [6.45, 7) is 6.18. The fourth-order valence-electron chi connectivity index (χ4n) is 3.62. The standard InChI is InChI=1S/C18H23ClN6O/c19-17-20-13-21-18(23-17)22-14-1-3-15(4-2-14)24-7-9-25(10-8-24)16-5-11-26-12-6-16/h1-4,13,16H,5-12H2,(H,20,21,22,23). The highest BCUT2D eigenvalue weighted by Gasteiger charge is 2.25. The zero-order valence-electron chi connectivity index (χ0n) is 14.6. The van der Waals surface area contributed by atoms with Gasteiger partial charge in [-0.05, 0) is 48.7 Å². The predicted molar refractivity (Wildman–Crippen MR) is 102 cm³/mol. The Bertz CT molecular complexity index is 714. The van der Waals surface area contributed by atoms with E-state index in [-0.39, 0.29) is 5.28 Å². The summed E-state index contributed by atoms with van der Waals surface area (Å²) in [5.74, 6) is 0.447. The van der Waals surface area contributed by atoms with Gasteiger partial charge in [0.25, 0.3) is 0 Å². The fraction of sp³-hybridized carbons (Fsp3) is 0.500. The van der Waals surface area contributed by atoms with Crippen molar-refractivity contribution in [3.8, 4) is 0 Å². The molecule has 1 aromatic heterocycles. The molecule has 0 radical (unpaired) electrons. The van der Waals surface area contributed by atoms with Crippen molar-refractivity contribution in [1.82, 2.24) is 19.9 Å². The number of anilines is 3. The van der Waals surface area contributed by atoms with Crippen molar-refractivity contribution in [3.05, 3.63) is 35.9 Å². The van der Waals surface area contributed by atoms with Gasteiger partial charge in [-0.1, -0.05) is 0 Å². The van der Waals surface area contributed by atoms with Crippen LogP contribution in [0.1, 0.15) is 12.8 Å². The van der Waals surface area contributed by atoms with Crippen molar-refractivity contribution in [3.63, 3.8) is 0 Å². The predicted octanol–water partition coefficient (Wildman–Crippen LogP) is 2.57. The van der Waals surface area contributed by atoms with Crippen molar-refractivity contribution in [2.75, 3.05) is 49.6 Å². The molecule has 0 saturated carbocycles. The molecular weight excluding hydrogens is 352 g/mol. The molecule has 1 aromatic carbocycles. The zero-order valence-corrected chi connectivity index (χ0v) is 15.4. The number of aromatic nitrogens is 3. The Morgan fingerprint density at radius 1 is 1.00 bits per heavy atom. The van der Waals surface area contributed by atoms with Gasteiger partial charge < -0.3 is 15.0 Å². The molecule has 7 nitrogen and oxygen atoms in total. The molecule has 0 amide bonds. The summed E-state index contributed by atoms with van der Waals surface area (Å²) < 4.78 is 5.48. The molecule has 4 rings (SSSR count). The first-order valence-electron chi connectivity index (χ1n) is 9.06. The van der Waals surface area contributed by atoms with Crippen molar-refractivity contribution in [2.45, 2.75) is 18.9 Å². The minimum Gasteiger partial charge on any atom is -0.381 e. The molecule has 138 valence electrons. The van der Waals surface area contributed by atoms with E-state index in [9.17, 15) is 0 Å². The van der Waals surface area contributed by atoms with Crippen LogP contribution in [0, 0.1) is 0 Å². The van der Waals surface area contributed by atoms with E-state index in [1.165, 1.54) is 24.9 Å². The van der Waals surface area contributed by atoms with Gasteiger partial charge in [0.15, 0.2) is 0 Å².